The van der Waals surface area contributed by atoms with Gasteiger partial charge in [0.2, 0.25) is 5.88 Å². The molecule has 9 heteroatoms. The van der Waals surface area contributed by atoms with Crippen LogP contribution in [0.1, 0.15) is 40.5 Å². The van der Waals surface area contributed by atoms with E-state index in [0.717, 1.165) is 23.3 Å². The SMILES string of the molecule is CCCOc1nc2cc(C)c(C)cc2nc1C(=O)Nc1ccc(Cl)c(C(F)(F)F)c1. The Morgan fingerprint density at radius 1 is 1.10 bits per heavy atom. The van der Waals surface area contributed by atoms with E-state index in [2.05, 4.69) is 15.3 Å². The maximum Gasteiger partial charge on any atom is 0.417 e. The van der Waals surface area contributed by atoms with Gasteiger partial charge in [0.25, 0.3) is 5.91 Å². The van der Waals surface area contributed by atoms with Crippen molar-refractivity contribution in [3.05, 3.63) is 57.7 Å². The van der Waals surface area contributed by atoms with Gasteiger partial charge in [-0.1, -0.05) is 18.5 Å². The zero-order valence-electron chi connectivity index (χ0n) is 16.5. The van der Waals surface area contributed by atoms with Gasteiger partial charge >= 0.3 is 6.18 Å². The van der Waals surface area contributed by atoms with Crippen molar-refractivity contribution in [3.63, 3.8) is 0 Å². The number of hydrogen-bond donors (Lipinski definition) is 1. The molecule has 1 amide bonds. The lowest BCUT2D eigenvalue weighted by atomic mass is 10.1. The topological polar surface area (TPSA) is 64.1 Å². The molecule has 158 valence electrons. The van der Waals surface area contributed by atoms with Crippen molar-refractivity contribution in [1.82, 2.24) is 9.97 Å². The highest BCUT2D eigenvalue weighted by Gasteiger charge is 2.33. The summed E-state index contributed by atoms with van der Waals surface area (Å²) < 4.78 is 44.9. The molecule has 0 aliphatic rings. The number of anilines is 1. The maximum atomic E-state index is 13.1. The fourth-order valence-electron chi connectivity index (χ4n) is 2.75. The molecule has 3 aromatic rings. The van der Waals surface area contributed by atoms with Crippen LogP contribution in [0.4, 0.5) is 18.9 Å². The van der Waals surface area contributed by atoms with Crippen LogP contribution in [0.3, 0.4) is 0 Å². The summed E-state index contributed by atoms with van der Waals surface area (Å²) >= 11 is 5.63. The van der Waals surface area contributed by atoms with E-state index in [1.807, 2.05) is 26.8 Å². The Morgan fingerprint density at radius 2 is 1.73 bits per heavy atom. The number of fused-ring (bicyclic) bond motifs is 1. The number of carbonyl (C=O) groups is 1. The minimum absolute atomic E-state index is 0.0233. The lowest BCUT2D eigenvalue weighted by Crippen LogP contribution is -2.17. The van der Waals surface area contributed by atoms with Crippen LogP contribution in [0, 0.1) is 13.8 Å². The van der Waals surface area contributed by atoms with Crippen molar-refractivity contribution in [3.8, 4) is 5.88 Å². The fourth-order valence-corrected chi connectivity index (χ4v) is 2.98. The van der Waals surface area contributed by atoms with E-state index >= 15 is 0 Å². The van der Waals surface area contributed by atoms with E-state index in [0.29, 0.717) is 24.1 Å². The molecule has 0 radical (unpaired) electrons. The molecular weight excluding hydrogens is 419 g/mol. The van der Waals surface area contributed by atoms with Gasteiger partial charge in [0, 0.05) is 5.69 Å². The smallest absolute Gasteiger partial charge is 0.417 e. The number of halogens is 4. The predicted molar refractivity (Wildman–Crippen MR) is 109 cm³/mol. The van der Waals surface area contributed by atoms with Gasteiger partial charge in [-0.3, -0.25) is 4.79 Å². The first kappa shape index (κ1) is 21.8. The Kier molecular flexibility index (Phi) is 6.17. The molecule has 2 aromatic carbocycles. The summed E-state index contributed by atoms with van der Waals surface area (Å²) in [4.78, 5) is 21.6. The summed E-state index contributed by atoms with van der Waals surface area (Å²) in [6.07, 6.45) is -3.97. The Morgan fingerprint density at radius 3 is 2.33 bits per heavy atom. The first-order chi connectivity index (χ1) is 14.1. The van der Waals surface area contributed by atoms with Crippen molar-refractivity contribution in [2.45, 2.75) is 33.4 Å². The molecule has 0 aliphatic heterocycles. The number of carbonyl (C=O) groups excluding carboxylic acids is 1. The summed E-state index contributed by atoms with van der Waals surface area (Å²) in [5, 5.41) is 1.97. The third kappa shape index (κ3) is 4.64. The predicted octanol–water partition coefficient (Wildman–Crippen LogP) is 5.96. The average molecular weight is 438 g/mol. The van der Waals surface area contributed by atoms with Crippen LogP contribution in [0.15, 0.2) is 30.3 Å². The van der Waals surface area contributed by atoms with Gasteiger partial charge in [-0.15, -0.1) is 0 Å². The van der Waals surface area contributed by atoms with Gasteiger partial charge < -0.3 is 10.1 Å². The minimum atomic E-state index is -4.65. The zero-order valence-corrected chi connectivity index (χ0v) is 17.3. The highest BCUT2D eigenvalue weighted by Crippen LogP contribution is 2.36. The van der Waals surface area contributed by atoms with Gasteiger partial charge in [0.15, 0.2) is 5.69 Å². The highest BCUT2D eigenvalue weighted by molar-refractivity contribution is 6.31. The Balaban J connectivity index is 2.02. The van der Waals surface area contributed by atoms with E-state index in [1.165, 1.54) is 6.07 Å². The zero-order chi connectivity index (χ0) is 22.1. The van der Waals surface area contributed by atoms with Crippen molar-refractivity contribution in [2.24, 2.45) is 0 Å². The molecular formula is C21H19ClF3N3O2. The number of aryl methyl sites for hydroxylation is 2. The molecule has 0 bridgehead atoms. The number of rotatable bonds is 5. The number of benzene rings is 2. The van der Waals surface area contributed by atoms with Crippen LogP contribution in [0.5, 0.6) is 5.88 Å². The first-order valence-corrected chi connectivity index (χ1v) is 9.58. The molecule has 0 spiro atoms. The second-order valence-corrected chi connectivity index (χ2v) is 7.20. The van der Waals surface area contributed by atoms with Crippen molar-refractivity contribution < 1.29 is 22.7 Å². The number of nitrogens with one attached hydrogen (secondary N) is 1. The molecule has 3 rings (SSSR count). The number of ether oxygens (including phenoxy) is 1. The fraction of sp³-hybridized carbons (Fsp3) is 0.286. The van der Waals surface area contributed by atoms with Gasteiger partial charge in [0.1, 0.15) is 0 Å². The van der Waals surface area contributed by atoms with Crippen LogP contribution in [0.25, 0.3) is 11.0 Å². The third-order valence-electron chi connectivity index (χ3n) is 4.44. The molecule has 0 atom stereocenters. The van der Waals surface area contributed by atoms with Gasteiger partial charge in [-0.25, -0.2) is 9.97 Å². The molecule has 0 saturated carbocycles. The van der Waals surface area contributed by atoms with Crippen molar-refractivity contribution in [2.75, 3.05) is 11.9 Å². The van der Waals surface area contributed by atoms with Gasteiger partial charge in [-0.2, -0.15) is 13.2 Å². The van der Waals surface area contributed by atoms with E-state index in [9.17, 15) is 18.0 Å². The number of hydrogen-bond acceptors (Lipinski definition) is 4. The molecule has 0 aliphatic carbocycles. The summed E-state index contributed by atoms with van der Waals surface area (Å²) in [6, 6.07) is 6.76. The van der Waals surface area contributed by atoms with Crippen LogP contribution in [-0.4, -0.2) is 22.5 Å². The van der Waals surface area contributed by atoms with Crippen molar-refractivity contribution >= 4 is 34.2 Å². The second kappa shape index (κ2) is 8.47. The van der Waals surface area contributed by atoms with Crippen LogP contribution in [0.2, 0.25) is 5.02 Å². The second-order valence-electron chi connectivity index (χ2n) is 6.80. The molecule has 0 unspecified atom stereocenters. The van der Waals surface area contributed by atoms with Crippen LogP contribution < -0.4 is 10.1 Å². The number of alkyl halides is 3. The summed E-state index contributed by atoms with van der Waals surface area (Å²) in [7, 11) is 0. The number of nitrogens with zero attached hydrogens (tertiary/aromatic N) is 2. The van der Waals surface area contributed by atoms with Crippen molar-refractivity contribution in [1.29, 1.82) is 0 Å². The van der Waals surface area contributed by atoms with Crippen LogP contribution in [-0.2, 0) is 6.18 Å². The average Bonchev–Trinajstić information content (AvgIpc) is 2.67. The summed E-state index contributed by atoms with van der Waals surface area (Å²) in [5.41, 5.74) is 1.81. The molecule has 30 heavy (non-hydrogen) atoms. The van der Waals surface area contributed by atoms with E-state index in [4.69, 9.17) is 16.3 Å². The molecule has 1 N–H and O–H groups in total. The third-order valence-corrected chi connectivity index (χ3v) is 4.76. The van der Waals surface area contributed by atoms with E-state index < -0.39 is 22.7 Å². The lowest BCUT2D eigenvalue weighted by Gasteiger charge is -2.14. The molecule has 0 fully saturated rings. The number of aromatic nitrogens is 2. The van der Waals surface area contributed by atoms with E-state index in [1.54, 1.807) is 6.07 Å². The quantitative estimate of drug-likeness (QED) is 0.535. The Bertz CT molecular complexity index is 1120. The lowest BCUT2D eigenvalue weighted by molar-refractivity contribution is -0.137. The summed E-state index contributed by atoms with van der Waals surface area (Å²) in [6.45, 7) is 6.05. The van der Waals surface area contributed by atoms with Gasteiger partial charge in [0.05, 0.1) is 28.2 Å². The maximum absolute atomic E-state index is 13.1. The Hall–Kier alpha value is -2.87. The number of amides is 1. The molecule has 0 saturated heterocycles. The van der Waals surface area contributed by atoms with Gasteiger partial charge in [-0.05, 0) is 61.7 Å². The standard InChI is InChI=1S/C21H19ClF3N3O2/c1-4-7-30-20-18(27-16-8-11(2)12(3)9-17(16)28-20)19(29)26-13-5-6-15(22)14(10-13)21(23,24)25/h5-6,8-10H,4,7H2,1-3H3,(H,26,29). The molecule has 5 nitrogen and oxygen atoms in total. The van der Waals surface area contributed by atoms with Crippen LogP contribution >= 0.6 is 11.6 Å². The Labute approximate surface area is 176 Å². The monoisotopic (exact) mass is 437 g/mol. The van der Waals surface area contributed by atoms with E-state index in [-0.39, 0.29) is 17.3 Å². The molecule has 1 aromatic heterocycles. The minimum Gasteiger partial charge on any atom is -0.476 e. The summed E-state index contributed by atoms with van der Waals surface area (Å²) in [5.74, 6) is -0.709. The normalized spacial score (nSPS) is 11.6. The first-order valence-electron chi connectivity index (χ1n) is 9.20. The highest BCUT2D eigenvalue weighted by atomic mass is 35.5. The largest absolute Gasteiger partial charge is 0.476 e. The molecule has 1 heterocycles.